The molecule has 3 nitrogen and oxygen atoms in total. The number of hydrogen-bond acceptors (Lipinski definition) is 2. The van der Waals surface area contributed by atoms with E-state index in [1.54, 1.807) is 0 Å². The molecule has 0 rings (SSSR count). The number of hydrogen-bond donors (Lipinski definition) is 2. The molecule has 0 spiro atoms. The molecule has 0 aromatic carbocycles. The first-order valence-electron chi connectivity index (χ1n) is 1.16. The maximum absolute atomic E-state index is 7.71. The molecule has 0 aliphatic rings. The second-order valence-electron chi connectivity index (χ2n) is 0.581. The number of amidine groups is 1. The first kappa shape index (κ1) is 5.25. The Morgan fingerprint density at radius 1 is 2.00 bits per heavy atom. The van der Waals surface area contributed by atoms with Gasteiger partial charge >= 0.3 is 0 Å². The number of rotatable bonds is 0. The summed E-state index contributed by atoms with van der Waals surface area (Å²) in [7, 11) is 0. The Morgan fingerprint density at radius 3 is 2.50 bits per heavy atom. The van der Waals surface area contributed by atoms with E-state index >= 15 is 0 Å². The summed E-state index contributed by atoms with van der Waals surface area (Å²) in [6.07, 6.45) is 0. The van der Waals surface area contributed by atoms with Crippen molar-refractivity contribution < 1.29 is 0 Å². The first-order chi connectivity index (χ1) is 2.81. The van der Waals surface area contributed by atoms with Crippen LogP contribution in [0.2, 0.25) is 0 Å². The highest BCUT2D eigenvalue weighted by atomic mass is 35.5. The lowest BCUT2D eigenvalue weighted by molar-refractivity contribution is 1.37. The predicted octanol–water partition coefficient (Wildman–Crippen LogP) is 0.231. The highest BCUT2D eigenvalue weighted by Crippen LogP contribution is 1.60. The van der Waals surface area contributed by atoms with Crippen molar-refractivity contribution in [2.24, 2.45) is 0 Å². The number of nitrogens with zero attached hydrogens (tertiary/aromatic N) is 1. The average molecular weight is 104 g/mol. The Balaban J connectivity index is 3.33. The lowest BCUT2D eigenvalue weighted by atomic mass is 10.7. The van der Waals surface area contributed by atoms with Crippen molar-refractivity contribution in [1.29, 1.82) is 10.7 Å². The normalized spacial score (nSPS) is 6.00. The topological polar surface area (TPSA) is 59.7 Å². The zero-order valence-electron chi connectivity index (χ0n) is 2.83. The van der Waals surface area contributed by atoms with Crippen molar-refractivity contribution in [2.75, 3.05) is 0 Å². The van der Waals surface area contributed by atoms with Crippen LogP contribution in [0.5, 0.6) is 0 Å². The van der Waals surface area contributed by atoms with Crippen LogP contribution in [0.4, 0.5) is 0 Å². The zero-order chi connectivity index (χ0) is 4.99. The molecule has 0 fully saturated rings. The highest BCUT2D eigenvalue weighted by Gasteiger charge is 1.79. The Hall–Kier alpha value is -0.750. The van der Waals surface area contributed by atoms with E-state index in [4.69, 9.17) is 22.4 Å². The molecule has 6 heavy (non-hydrogen) atoms. The van der Waals surface area contributed by atoms with E-state index in [0.29, 0.717) is 0 Å². The number of nitriles is 1. The highest BCUT2D eigenvalue weighted by molar-refractivity contribution is 6.24. The van der Waals surface area contributed by atoms with Gasteiger partial charge in [0, 0.05) is 11.8 Å². The van der Waals surface area contributed by atoms with Gasteiger partial charge in [-0.15, -0.1) is 0 Å². The standard InChI is InChI=1S/C2H2ClN3/c3-6-2(5)1-4/h(H2,5,6). The van der Waals surface area contributed by atoms with E-state index in [1.165, 1.54) is 6.07 Å². The first-order valence-corrected chi connectivity index (χ1v) is 1.54. The fourth-order valence-electron chi connectivity index (χ4n) is 0.0211. The van der Waals surface area contributed by atoms with Gasteiger partial charge in [0.1, 0.15) is 6.07 Å². The monoisotopic (exact) mass is 103 g/mol. The van der Waals surface area contributed by atoms with Crippen molar-refractivity contribution in [2.45, 2.75) is 0 Å². The molecule has 0 aliphatic heterocycles. The molecular weight excluding hydrogens is 101 g/mol. The summed E-state index contributed by atoms with van der Waals surface area (Å²) in [5.74, 6) is -0.336. The average Bonchev–Trinajstić information content (AvgIpc) is 1.65. The largest absolute Gasteiger partial charge is 0.274 e. The minimum absolute atomic E-state index is 0.336. The van der Waals surface area contributed by atoms with Crippen LogP contribution >= 0.6 is 11.8 Å². The van der Waals surface area contributed by atoms with Crippen molar-refractivity contribution in [3.05, 3.63) is 0 Å². The van der Waals surface area contributed by atoms with Gasteiger partial charge < -0.3 is 0 Å². The molecule has 32 valence electrons. The van der Waals surface area contributed by atoms with Crippen LogP contribution in [0.3, 0.4) is 0 Å². The van der Waals surface area contributed by atoms with Crippen LogP contribution in [-0.4, -0.2) is 5.84 Å². The van der Waals surface area contributed by atoms with Gasteiger partial charge in [-0.05, 0) is 0 Å². The third-order valence-corrected chi connectivity index (χ3v) is 0.395. The van der Waals surface area contributed by atoms with Gasteiger partial charge in [-0.25, -0.2) is 0 Å². The van der Waals surface area contributed by atoms with Gasteiger partial charge in [-0.1, -0.05) is 0 Å². The van der Waals surface area contributed by atoms with Gasteiger partial charge in [0.05, 0.1) is 0 Å². The zero-order valence-corrected chi connectivity index (χ0v) is 3.58. The molecule has 0 aliphatic carbocycles. The molecule has 0 radical (unpaired) electrons. The second-order valence-corrected chi connectivity index (χ2v) is 0.770. The smallest absolute Gasteiger partial charge is 0.213 e. The van der Waals surface area contributed by atoms with Crippen LogP contribution in [0.25, 0.3) is 0 Å². The van der Waals surface area contributed by atoms with E-state index in [9.17, 15) is 0 Å². The molecule has 0 aromatic rings. The lowest BCUT2D eigenvalue weighted by Crippen LogP contribution is -2.06. The molecule has 4 heteroatoms. The van der Waals surface area contributed by atoms with E-state index in [1.807, 2.05) is 4.84 Å². The van der Waals surface area contributed by atoms with Gasteiger partial charge in [-0.2, -0.15) is 5.26 Å². The molecule has 0 amide bonds. The SMILES string of the molecule is N#CC(=N)NCl. The molecule has 0 saturated carbocycles. The minimum Gasteiger partial charge on any atom is -0.274 e. The van der Waals surface area contributed by atoms with Gasteiger partial charge in [0.2, 0.25) is 5.84 Å². The summed E-state index contributed by atoms with van der Waals surface area (Å²) in [4.78, 5) is 1.81. The quantitative estimate of drug-likeness (QED) is 0.262. The Bertz CT molecular complexity index is 91.5. The summed E-state index contributed by atoms with van der Waals surface area (Å²) >= 11 is 4.76. The van der Waals surface area contributed by atoms with Crippen molar-refractivity contribution in [3.63, 3.8) is 0 Å². The van der Waals surface area contributed by atoms with E-state index in [-0.39, 0.29) is 5.84 Å². The molecule has 0 heterocycles. The van der Waals surface area contributed by atoms with Gasteiger partial charge in [-0.3, -0.25) is 10.2 Å². The summed E-state index contributed by atoms with van der Waals surface area (Å²) in [5.41, 5.74) is 0. The van der Waals surface area contributed by atoms with Crippen LogP contribution in [0.1, 0.15) is 0 Å². The minimum atomic E-state index is -0.336. The van der Waals surface area contributed by atoms with Crippen LogP contribution < -0.4 is 4.84 Å². The molecule has 0 bridgehead atoms. The summed E-state index contributed by atoms with van der Waals surface area (Å²) < 4.78 is 0. The summed E-state index contributed by atoms with van der Waals surface area (Å²) in [5, 5.41) is 14.1. The molecular formula is C2H2ClN3. The van der Waals surface area contributed by atoms with Gasteiger partial charge in [0.15, 0.2) is 0 Å². The Labute approximate surface area is 40.1 Å². The fraction of sp³-hybridized carbons (Fsp3) is 0. The van der Waals surface area contributed by atoms with Crippen molar-refractivity contribution in [3.8, 4) is 6.07 Å². The lowest BCUT2D eigenvalue weighted by Gasteiger charge is -1.77. The van der Waals surface area contributed by atoms with Crippen molar-refractivity contribution in [1.82, 2.24) is 4.84 Å². The summed E-state index contributed by atoms with van der Waals surface area (Å²) in [6.45, 7) is 0. The molecule has 0 unspecified atom stereocenters. The molecule has 2 N–H and O–H groups in total. The third-order valence-electron chi connectivity index (χ3n) is 0.206. The summed E-state index contributed by atoms with van der Waals surface area (Å²) in [6, 6.07) is 1.45. The fourth-order valence-corrected chi connectivity index (χ4v) is 0.0634. The Kier molecular flexibility index (Phi) is 2.17. The third kappa shape index (κ3) is 1.56. The predicted molar refractivity (Wildman–Crippen MR) is 22.3 cm³/mol. The van der Waals surface area contributed by atoms with Crippen LogP contribution in [0.15, 0.2) is 0 Å². The number of halogens is 1. The molecule has 0 aromatic heterocycles. The van der Waals surface area contributed by atoms with Crippen LogP contribution in [0, 0.1) is 16.7 Å². The molecule has 0 atom stereocenters. The van der Waals surface area contributed by atoms with Crippen molar-refractivity contribution >= 4 is 17.6 Å². The van der Waals surface area contributed by atoms with E-state index in [2.05, 4.69) is 0 Å². The van der Waals surface area contributed by atoms with E-state index < -0.39 is 0 Å². The van der Waals surface area contributed by atoms with E-state index in [0.717, 1.165) is 0 Å². The second kappa shape index (κ2) is 2.49. The maximum atomic E-state index is 7.71. The number of nitrogens with one attached hydrogen (secondary N) is 2. The molecule has 0 saturated heterocycles. The van der Waals surface area contributed by atoms with Crippen LogP contribution in [-0.2, 0) is 0 Å². The van der Waals surface area contributed by atoms with Gasteiger partial charge in [0.25, 0.3) is 0 Å². The Morgan fingerprint density at radius 2 is 2.50 bits per heavy atom. The maximum Gasteiger partial charge on any atom is 0.213 e.